The summed E-state index contributed by atoms with van der Waals surface area (Å²) in [5.41, 5.74) is 3.96. The summed E-state index contributed by atoms with van der Waals surface area (Å²) in [6.45, 7) is 1.61. The summed E-state index contributed by atoms with van der Waals surface area (Å²) in [7, 11) is 0. The molecule has 1 unspecified atom stereocenters. The Kier molecular flexibility index (Phi) is 4.54. The van der Waals surface area contributed by atoms with Crippen LogP contribution >= 0.6 is 11.6 Å². The monoisotopic (exact) mass is 302 g/mol. The Morgan fingerprint density at radius 3 is 2.95 bits per heavy atom. The molecular weight excluding hydrogens is 284 g/mol. The molecule has 0 aliphatic heterocycles. The second kappa shape index (κ2) is 6.56. The molecule has 1 N–H and O–H groups in total. The van der Waals surface area contributed by atoms with E-state index >= 15 is 0 Å². The van der Waals surface area contributed by atoms with Crippen LogP contribution < -0.4 is 0 Å². The van der Waals surface area contributed by atoms with Gasteiger partial charge in [0.15, 0.2) is 0 Å². The summed E-state index contributed by atoms with van der Waals surface area (Å²) >= 11 is 5.97. The molecule has 1 atom stereocenters. The van der Waals surface area contributed by atoms with Crippen LogP contribution in [0.3, 0.4) is 0 Å². The maximum atomic E-state index is 9.40. The molecule has 21 heavy (non-hydrogen) atoms. The molecule has 0 bridgehead atoms. The van der Waals surface area contributed by atoms with Crippen LogP contribution in [0.5, 0.6) is 0 Å². The minimum Gasteiger partial charge on any atom is -0.395 e. The lowest BCUT2D eigenvalue weighted by Gasteiger charge is -2.29. The zero-order valence-corrected chi connectivity index (χ0v) is 12.6. The standard InChI is InChI=1S/C17H19ClN2O/c18-17-11-13(7-8-19-17)12-20(9-10-21)16-6-5-14-3-1-2-4-15(14)16/h1-4,7-8,11,16,21H,5-6,9-10,12H2. The molecule has 1 aromatic carbocycles. The van der Waals surface area contributed by atoms with Crippen molar-refractivity contribution in [3.63, 3.8) is 0 Å². The van der Waals surface area contributed by atoms with Crippen molar-refractivity contribution in [1.29, 1.82) is 0 Å². The topological polar surface area (TPSA) is 36.4 Å². The van der Waals surface area contributed by atoms with Crippen LogP contribution in [0.15, 0.2) is 42.6 Å². The predicted molar refractivity (Wildman–Crippen MR) is 84.2 cm³/mol. The van der Waals surface area contributed by atoms with Crippen molar-refractivity contribution in [3.8, 4) is 0 Å². The second-order valence-corrected chi connectivity index (χ2v) is 5.82. The molecule has 4 heteroatoms. The van der Waals surface area contributed by atoms with Crippen molar-refractivity contribution in [1.82, 2.24) is 9.88 Å². The van der Waals surface area contributed by atoms with Crippen LogP contribution in [-0.4, -0.2) is 28.1 Å². The van der Waals surface area contributed by atoms with Crippen LogP contribution in [0, 0.1) is 0 Å². The van der Waals surface area contributed by atoms with Crippen molar-refractivity contribution in [2.45, 2.75) is 25.4 Å². The highest BCUT2D eigenvalue weighted by Gasteiger charge is 2.27. The van der Waals surface area contributed by atoms with E-state index in [-0.39, 0.29) is 6.61 Å². The lowest BCUT2D eigenvalue weighted by Crippen LogP contribution is -2.30. The lowest BCUT2D eigenvalue weighted by atomic mass is 10.1. The van der Waals surface area contributed by atoms with Gasteiger partial charge in [-0.3, -0.25) is 4.90 Å². The second-order valence-electron chi connectivity index (χ2n) is 5.43. The maximum Gasteiger partial charge on any atom is 0.129 e. The fourth-order valence-corrected chi connectivity index (χ4v) is 3.36. The first kappa shape index (κ1) is 14.5. The van der Waals surface area contributed by atoms with Crippen molar-refractivity contribution >= 4 is 11.6 Å². The number of halogens is 1. The van der Waals surface area contributed by atoms with E-state index < -0.39 is 0 Å². The fraction of sp³-hybridized carbons (Fsp3) is 0.353. The minimum absolute atomic E-state index is 0.164. The van der Waals surface area contributed by atoms with Crippen LogP contribution in [0.4, 0.5) is 0 Å². The van der Waals surface area contributed by atoms with Crippen LogP contribution in [0.25, 0.3) is 0 Å². The van der Waals surface area contributed by atoms with Gasteiger partial charge in [-0.25, -0.2) is 4.98 Å². The third kappa shape index (κ3) is 3.26. The SMILES string of the molecule is OCCN(Cc1ccnc(Cl)c1)C1CCc2ccccc21. The van der Waals surface area contributed by atoms with Gasteiger partial charge in [0.2, 0.25) is 0 Å². The highest BCUT2D eigenvalue weighted by Crippen LogP contribution is 2.36. The first-order valence-electron chi connectivity index (χ1n) is 7.31. The average molecular weight is 303 g/mol. The smallest absolute Gasteiger partial charge is 0.129 e. The summed E-state index contributed by atoms with van der Waals surface area (Å²) in [5.74, 6) is 0. The van der Waals surface area contributed by atoms with Crippen LogP contribution in [0.1, 0.15) is 29.2 Å². The Morgan fingerprint density at radius 2 is 2.14 bits per heavy atom. The number of benzene rings is 1. The Labute approximate surface area is 130 Å². The number of nitrogens with zero attached hydrogens (tertiary/aromatic N) is 2. The number of fused-ring (bicyclic) bond motifs is 1. The Bertz CT molecular complexity index is 617. The van der Waals surface area contributed by atoms with E-state index in [1.807, 2.05) is 12.1 Å². The van der Waals surface area contributed by atoms with Gasteiger partial charge in [-0.1, -0.05) is 35.9 Å². The Morgan fingerprint density at radius 1 is 1.29 bits per heavy atom. The number of hydrogen-bond donors (Lipinski definition) is 1. The van der Waals surface area contributed by atoms with Crippen LogP contribution in [0.2, 0.25) is 5.15 Å². The van der Waals surface area contributed by atoms with Gasteiger partial charge in [0, 0.05) is 25.3 Å². The Balaban J connectivity index is 1.82. The molecule has 0 radical (unpaired) electrons. The van der Waals surface area contributed by atoms with Gasteiger partial charge in [0.05, 0.1) is 6.61 Å². The largest absolute Gasteiger partial charge is 0.395 e. The third-order valence-electron chi connectivity index (χ3n) is 4.11. The van der Waals surface area contributed by atoms with E-state index in [2.05, 4.69) is 34.1 Å². The number of rotatable bonds is 5. The molecule has 0 amide bonds. The fourth-order valence-electron chi connectivity index (χ4n) is 3.16. The summed E-state index contributed by atoms with van der Waals surface area (Å²) < 4.78 is 0. The predicted octanol–water partition coefficient (Wildman–Crippen LogP) is 3.22. The highest BCUT2D eigenvalue weighted by atomic mass is 35.5. The summed E-state index contributed by atoms with van der Waals surface area (Å²) in [4.78, 5) is 6.35. The number of aliphatic hydroxyl groups is 1. The van der Waals surface area contributed by atoms with Gasteiger partial charge >= 0.3 is 0 Å². The van der Waals surface area contributed by atoms with Gasteiger partial charge in [-0.2, -0.15) is 0 Å². The van der Waals surface area contributed by atoms with Crippen LogP contribution in [-0.2, 0) is 13.0 Å². The van der Waals surface area contributed by atoms with E-state index in [0.29, 0.717) is 17.7 Å². The van der Waals surface area contributed by atoms with E-state index in [1.165, 1.54) is 11.1 Å². The summed E-state index contributed by atoms with van der Waals surface area (Å²) in [5, 5.41) is 9.91. The number of hydrogen-bond acceptors (Lipinski definition) is 3. The molecule has 2 aromatic rings. The molecule has 3 nitrogen and oxygen atoms in total. The first-order valence-corrected chi connectivity index (χ1v) is 7.69. The molecule has 0 saturated carbocycles. The van der Waals surface area contributed by atoms with E-state index in [1.54, 1.807) is 6.20 Å². The molecule has 0 fully saturated rings. The van der Waals surface area contributed by atoms with Gasteiger partial charge < -0.3 is 5.11 Å². The first-order chi connectivity index (χ1) is 10.3. The van der Waals surface area contributed by atoms with Gasteiger partial charge in [0.25, 0.3) is 0 Å². The molecule has 1 aliphatic carbocycles. The van der Waals surface area contributed by atoms with Gasteiger partial charge in [-0.05, 0) is 41.7 Å². The van der Waals surface area contributed by atoms with Gasteiger partial charge in [0.1, 0.15) is 5.15 Å². The number of aliphatic hydroxyl groups excluding tert-OH is 1. The quantitative estimate of drug-likeness (QED) is 0.862. The molecule has 110 valence electrons. The maximum absolute atomic E-state index is 9.40. The molecule has 1 aromatic heterocycles. The van der Waals surface area contributed by atoms with Crippen molar-refractivity contribution in [2.24, 2.45) is 0 Å². The molecule has 0 saturated heterocycles. The van der Waals surface area contributed by atoms with E-state index in [0.717, 1.165) is 24.9 Å². The minimum atomic E-state index is 0.164. The molecule has 3 rings (SSSR count). The zero-order chi connectivity index (χ0) is 14.7. The number of aromatic nitrogens is 1. The summed E-state index contributed by atoms with van der Waals surface area (Å²) in [6, 6.07) is 12.9. The van der Waals surface area contributed by atoms with Crippen molar-refractivity contribution in [2.75, 3.05) is 13.2 Å². The van der Waals surface area contributed by atoms with Crippen molar-refractivity contribution in [3.05, 3.63) is 64.4 Å². The molecular formula is C17H19ClN2O. The van der Waals surface area contributed by atoms with E-state index in [9.17, 15) is 5.11 Å². The van der Waals surface area contributed by atoms with Crippen molar-refractivity contribution < 1.29 is 5.11 Å². The zero-order valence-electron chi connectivity index (χ0n) is 11.9. The number of aryl methyl sites for hydroxylation is 1. The van der Waals surface area contributed by atoms with E-state index in [4.69, 9.17) is 11.6 Å². The average Bonchev–Trinajstić information content (AvgIpc) is 2.91. The molecule has 0 spiro atoms. The molecule has 1 aliphatic rings. The summed E-state index contributed by atoms with van der Waals surface area (Å²) in [6.07, 6.45) is 3.95. The highest BCUT2D eigenvalue weighted by molar-refractivity contribution is 6.29. The third-order valence-corrected chi connectivity index (χ3v) is 4.31. The number of pyridine rings is 1. The normalized spacial score (nSPS) is 17.2. The Hall–Kier alpha value is -1.42. The van der Waals surface area contributed by atoms with Gasteiger partial charge in [-0.15, -0.1) is 0 Å². The lowest BCUT2D eigenvalue weighted by molar-refractivity contribution is 0.143. The molecule has 1 heterocycles.